The number of hydroxylamine groups is 1. The van der Waals surface area contributed by atoms with Crippen LogP contribution in [-0.2, 0) is 14.4 Å². The number of amides is 2. The van der Waals surface area contributed by atoms with E-state index < -0.39 is 34.8 Å². The fourth-order valence-corrected chi connectivity index (χ4v) is 4.60. The molecule has 2 aliphatic rings. The molecule has 10 heteroatoms. The molecule has 0 radical (unpaired) electrons. The lowest BCUT2D eigenvalue weighted by atomic mass is 9.90. The van der Waals surface area contributed by atoms with Gasteiger partial charge < -0.3 is 0 Å². The van der Waals surface area contributed by atoms with Gasteiger partial charge in [0.2, 0.25) is 5.91 Å². The molecule has 0 spiro atoms. The first-order valence-electron chi connectivity index (χ1n) is 9.95. The van der Waals surface area contributed by atoms with Crippen molar-refractivity contribution in [3.63, 3.8) is 0 Å². The van der Waals surface area contributed by atoms with Crippen molar-refractivity contribution in [2.75, 3.05) is 9.96 Å². The van der Waals surface area contributed by atoms with Crippen molar-refractivity contribution in [1.29, 1.82) is 0 Å². The number of hydrogen-bond acceptors (Lipinski definition) is 6. The third kappa shape index (κ3) is 3.52. The Hall–Kier alpha value is -3.46. The van der Waals surface area contributed by atoms with Gasteiger partial charge in [-0.05, 0) is 42.5 Å². The van der Waals surface area contributed by atoms with Gasteiger partial charge >= 0.3 is 0 Å². The number of non-ortho nitro benzene ring substituents is 1. The van der Waals surface area contributed by atoms with Crippen LogP contribution in [0.5, 0.6) is 0 Å². The Kier molecular flexibility index (Phi) is 5.28. The summed E-state index contributed by atoms with van der Waals surface area (Å²) in [4.78, 5) is 44.8. The highest BCUT2D eigenvalue weighted by atomic mass is 35.5. The van der Waals surface area contributed by atoms with Crippen molar-refractivity contribution in [3.05, 3.63) is 98.5 Å². The van der Waals surface area contributed by atoms with E-state index >= 15 is 0 Å². The first-order chi connectivity index (χ1) is 15.9. The van der Waals surface area contributed by atoms with E-state index in [1.165, 1.54) is 23.3 Å². The maximum absolute atomic E-state index is 13.6. The average Bonchev–Trinajstić information content (AvgIpc) is 3.31. The normalized spacial score (nSPS) is 22.1. The Bertz CT molecular complexity index is 1270. The Morgan fingerprint density at radius 1 is 0.879 bits per heavy atom. The second-order valence-electron chi connectivity index (χ2n) is 7.61. The van der Waals surface area contributed by atoms with Crippen LogP contribution in [0, 0.1) is 16.0 Å². The fourth-order valence-electron chi connectivity index (χ4n) is 4.25. The zero-order valence-corrected chi connectivity index (χ0v) is 18.3. The van der Waals surface area contributed by atoms with Crippen LogP contribution in [0.4, 0.5) is 17.1 Å². The number of fused-ring (bicyclic) bond motifs is 1. The summed E-state index contributed by atoms with van der Waals surface area (Å²) in [6.45, 7) is 0. The Balaban J connectivity index is 1.63. The number of imide groups is 1. The van der Waals surface area contributed by atoms with Gasteiger partial charge in [-0.1, -0.05) is 41.4 Å². The Morgan fingerprint density at radius 2 is 1.58 bits per heavy atom. The summed E-state index contributed by atoms with van der Waals surface area (Å²) in [6.07, 6.45) is -1.12. The van der Waals surface area contributed by atoms with Gasteiger partial charge in [-0.3, -0.25) is 24.5 Å². The molecule has 0 saturated carbocycles. The predicted molar refractivity (Wildman–Crippen MR) is 122 cm³/mol. The number of para-hydroxylation sites is 1. The summed E-state index contributed by atoms with van der Waals surface area (Å²) >= 11 is 12.4. The summed E-state index contributed by atoms with van der Waals surface area (Å²) in [6, 6.07) is 18.3. The van der Waals surface area contributed by atoms with Gasteiger partial charge in [0.1, 0.15) is 5.92 Å². The molecule has 166 valence electrons. The third-order valence-corrected chi connectivity index (χ3v) is 6.32. The molecule has 2 heterocycles. The molecule has 3 aromatic carbocycles. The van der Waals surface area contributed by atoms with Crippen LogP contribution >= 0.6 is 23.2 Å². The summed E-state index contributed by atoms with van der Waals surface area (Å²) in [5.74, 6) is -1.98. The number of halogens is 2. The average molecular weight is 484 g/mol. The standard InChI is InChI=1S/C23H15Cl2N3O5/c24-13-6-8-14(9-7-13)26-22(29)19-20(17-12-16(28(31)32)10-11-18(17)25)27(33-21(19)23(26)30)15-4-2-1-3-5-15/h1-12,19-21H/t19-,20-,21-/m1/s1. The minimum atomic E-state index is -1.12. The van der Waals surface area contributed by atoms with Crippen molar-refractivity contribution >= 4 is 52.1 Å². The fraction of sp³-hybridized carbons (Fsp3) is 0.130. The Labute approximate surface area is 198 Å². The molecule has 0 N–H and O–H groups in total. The van der Waals surface area contributed by atoms with Gasteiger partial charge in [0.25, 0.3) is 11.6 Å². The largest absolute Gasteiger partial charge is 0.273 e. The van der Waals surface area contributed by atoms with E-state index in [0.29, 0.717) is 22.0 Å². The number of nitrogens with zero attached hydrogens (tertiary/aromatic N) is 3. The number of hydrogen-bond donors (Lipinski definition) is 0. The molecule has 2 fully saturated rings. The molecular weight excluding hydrogens is 469 g/mol. The molecule has 0 aromatic heterocycles. The lowest BCUT2D eigenvalue weighted by Gasteiger charge is -2.29. The second-order valence-corrected chi connectivity index (χ2v) is 8.45. The van der Waals surface area contributed by atoms with Crippen molar-refractivity contribution in [3.8, 4) is 0 Å². The van der Waals surface area contributed by atoms with Crippen LogP contribution in [0.1, 0.15) is 11.6 Å². The highest BCUT2D eigenvalue weighted by Gasteiger charge is 2.60. The predicted octanol–water partition coefficient (Wildman–Crippen LogP) is 4.95. The zero-order chi connectivity index (χ0) is 23.3. The lowest BCUT2D eigenvalue weighted by molar-refractivity contribution is -0.384. The molecule has 0 unspecified atom stereocenters. The molecule has 33 heavy (non-hydrogen) atoms. The highest BCUT2D eigenvalue weighted by Crippen LogP contribution is 2.49. The van der Waals surface area contributed by atoms with Crippen molar-refractivity contribution < 1.29 is 19.3 Å². The molecule has 0 aliphatic carbocycles. The molecule has 0 bridgehead atoms. The van der Waals surface area contributed by atoms with E-state index in [1.54, 1.807) is 48.5 Å². The molecule has 8 nitrogen and oxygen atoms in total. The van der Waals surface area contributed by atoms with E-state index in [1.807, 2.05) is 6.07 Å². The van der Waals surface area contributed by atoms with Gasteiger partial charge in [-0.2, -0.15) is 0 Å². The van der Waals surface area contributed by atoms with E-state index in [9.17, 15) is 19.7 Å². The maximum Gasteiger partial charge on any atom is 0.269 e. The SMILES string of the molecule is O=C1[C@@H]2[C@@H](c3cc([N+](=O)[O-])ccc3Cl)N(c3ccccc3)O[C@H]2C(=O)N1c1ccc(Cl)cc1. The summed E-state index contributed by atoms with van der Waals surface area (Å²) < 4.78 is 0. The highest BCUT2D eigenvalue weighted by molar-refractivity contribution is 6.32. The van der Waals surface area contributed by atoms with Gasteiger partial charge in [0.15, 0.2) is 6.10 Å². The van der Waals surface area contributed by atoms with Crippen molar-refractivity contribution in [1.82, 2.24) is 0 Å². The number of carbonyl (C=O) groups excluding carboxylic acids is 2. The minimum absolute atomic E-state index is 0.183. The third-order valence-electron chi connectivity index (χ3n) is 5.72. The lowest BCUT2D eigenvalue weighted by Crippen LogP contribution is -2.37. The molecular formula is C23H15Cl2N3O5. The molecule has 2 amide bonds. The first-order valence-corrected chi connectivity index (χ1v) is 10.7. The zero-order valence-electron chi connectivity index (χ0n) is 16.8. The number of nitro benzene ring substituents is 1. The number of rotatable bonds is 4. The van der Waals surface area contributed by atoms with Crippen LogP contribution in [0.3, 0.4) is 0 Å². The molecule has 3 aromatic rings. The van der Waals surface area contributed by atoms with E-state index in [2.05, 4.69) is 0 Å². The van der Waals surface area contributed by atoms with Crippen molar-refractivity contribution in [2.24, 2.45) is 5.92 Å². The van der Waals surface area contributed by atoms with E-state index in [-0.39, 0.29) is 10.7 Å². The van der Waals surface area contributed by atoms with E-state index in [0.717, 1.165) is 4.90 Å². The van der Waals surface area contributed by atoms with Crippen LogP contribution in [0.2, 0.25) is 10.0 Å². The molecule has 3 atom stereocenters. The molecule has 2 saturated heterocycles. The summed E-state index contributed by atoms with van der Waals surface area (Å²) in [7, 11) is 0. The smallest absolute Gasteiger partial charge is 0.269 e. The Morgan fingerprint density at radius 3 is 2.24 bits per heavy atom. The summed E-state index contributed by atoms with van der Waals surface area (Å²) in [5.41, 5.74) is 1.08. The van der Waals surface area contributed by atoms with E-state index in [4.69, 9.17) is 28.0 Å². The summed E-state index contributed by atoms with van der Waals surface area (Å²) in [5, 5.41) is 13.5. The molecule has 2 aliphatic heterocycles. The van der Waals surface area contributed by atoms with Gasteiger partial charge in [0.05, 0.1) is 22.3 Å². The van der Waals surface area contributed by atoms with Crippen LogP contribution in [-0.4, -0.2) is 22.8 Å². The van der Waals surface area contributed by atoms with Crippen molar-refractivity contribution in [2.45, 2.75) is 12.1 Å². The van der Waals surface area contributed by atoms with Crippen LogP contribution in [0.25, 0.3) is 0 Å². The van der Waals surface area contributed by atoms with Crippen LogP contribution < -0.4 is 9.96 Å². The quantitative estimate of drug-likeness (QED) is 0.296. The minimum Gasteiger partial charge on any atom is -0.273 e. The topological polar surface area (TPSA) is 93.0 Å². The van der Waals surface area contributed by atoms with Gasteiger partial charge in [-0.25, -0.2) is 9.96 Å². The van der Waals surface area contributed by atoms with Crippen LogP contribution in [0.15, 0.2) is 72.8 Å². The van der Waals surface area contributed by atoms with Gasteiger partial charge in [0, 0.05) is 27.7 Å². The number of anilines is 2. The van der Waals surface area contributed by atoms with Gasteiger partial charge in [-0.15, -0.1) is 0 Å². The number of nitro groups is 1. The number of carbonyl (C=O) groups is 2. The molecule has 5 rings (SSSR count). The number of benzene rings is 3. The monoisotopic (exact) mass is 483 g/mol. The maximum atomic E-state index is 13.6. The second kappa shape index (κ2) is 8.15. The first kappa shape index (κ1) is 21.4.